The van der Waals surface area contributed by atoms with Crippen LogP contribution in [0.25, 0.3) is 0 Å². The molecule has 2 N–H and O–H groups in total. The SMILES string of the molecule is O=C(Cc1cccc(O)c1)NCC1CN2CCCC2CO1. The van der Waals surface area contributed by atoms with E-state index in [4.69, 9.17) is 4.74 Å². The first-order chi connectivity index (χ1) is 10.2. The van der Waals surface area contributed by atoms with Gasteiger partial charge in [-0.05, 0) is 37.1 Å². The number of carbonyl (C=O) groups excluding carboxylic acids is 1. The minimum absolute atomic E-state index is 0.0345. The van der Waals surface area contributed by atoms with Crippen LogP contribution in [0, 0.1) is 0 Å². The van der Waals surface area contributed by atoms with Gasteiger partial charge in [0, 0.05) is 19.1 Å². The summed E-state index contributed by atoms with van der Waals surface area (Å²) >= 11 is 0. The summed E-state index contributed by atoms with van der Waals surface area (Å²) in [6, 6.07) is 7.39. The lowest BCUT2D eigenvalue weighted by molar-refractivity contribution is -0.121. The molecule has 5 nitrogen and oxygen atoms in total. The number of hydrogen-bond donors (Lipinski definition) is 2. The quantitative estimate of drug-likeness (QED) is 0.865. The summed E-state index contributed by atoms with van der Waals surface area (Å²) in [6.07, 6.45) is 2.86. The Morgan fingerprint density at radius 3 is 3.24 bits per heavy atom. The molecule has 0 spiro atoms. The standard InChI is InChI=1S/C16H22N2O3/c19-14-5-1-3-12(7-14)8-16(20)17-9-15-10-18-6-2-4-13(18)11-21-15/h1,3,5,7,13,15,19H,2,4,6,8-11H2,(H,17,20). The van der Waals surface area contributed by atoms with Crippen LogP contribution in [0.2, 0.25) is 0 Å². The number of fused-ring (bicyclic) bond motifs is 1. The molecule has 0 saturated carbocycles. The Bertz CT molecular complexity index is 506. The van der Waals surface area contributed by atoms with Crippen molar-refractivity contribution >= 4 is 5.91 Å². The molecule has 2 unspecified atom stereocenters. The van der Waals surface area contributed by atoms with Gasteiger partial charge in [0.1, 0.15) is 5.75 Å². The first-order valence-corrected chi connectivity index (χ1v) is 7.61. The van der Waals surface area contributed by atoms with E-state index in [0.717, 1.165) is 25.3 Å². The van der Waals surface area contributed by atoms with Crippen LogP contribution < -0.4 is 5.32 Å². The van der Waals surface area contributed by atoms with E-state index in [1.165, 1.54) is 12.8 Å². The van der Waals surface area contributed by atoms with E-state index in [-0.39, 0.29) is 24.2 Å². The summed E-state index contributed by atoms with van der Waals surface area (Å²) in [5, 5.41) is 12.3. The molecule has 0 radical (unpaired) electrons. The van der Waals surface area contributed by atoms with E-state index in [1.54, 1.807) is 18.2 Å². The Labute approximate surface area is 124 Å². The third-order valence-corrected chi connectivity index (χ3v) is 4.26. The van der Waals surface area contributed by atoms with Gasteiger partial charge in [0.15, 0.2) is 0 Å². The zero-order chi connectivity index (χ0) is 14.7. The van der Waals surface area contributed by atoms with Gasteiger partial charge in [0.05, 0.1) is 19.1 Å². The molecule has 1 aromatic carbocycles. The molecule has 2 heterocycles. The molecule has 2 saturated heterocycles. The molecule has 0 aliphatic carbocycles. The Morgan fingerprint density at radius 2 is 2.38 bits per heavy atom. The number of ether oxygens (including phenoxy) is 1. The fourth-order valence-corrected chi connectivity index (χ4v) is 3.15. The van der Waals surface area contributed by atoms with Gasteiger partial charge in [0.2, 0.25) is 5.91 Å². The van der Waals surface area contributed by atoms with Gasteiger partial charge in [0.25, 0.3) is 0 Å². The summed E-state index contributed by atoms with van der Waals surface area (Å²) in [5.41, 5.74) is 0.816. The van der Waals surface area contributed by atoms with Gasteiger partial charge in [-0.1, -0.05) is 12.1 Å². The zero-order valence-corrected chi connectivity index (χ0v) is 12.1. The normalized spacial score (nSPS) is 25.5. The zero-order valence-electron chi connectivity index (χ0n) is 12.1. The van der Waals surface area contributed by atoms with Crippen molar-refractivity contribution in [2.75, 3.05) is 26.2 Å². The number of morpholine rings is 1. The average Bonchev–Trinajstić information content (AvgIpc) is 2.92. The Balaban J connectivity index is 1.43. The van der Waals surface area contributed by atoms with E-state index in [1.807, 2.05) is 6.07 Å². The topological polar surface area (TPSA) is 61.8 Å². The van der Waals surface area contributed by atoms with Crippen LogP contribution in [0.4, 0.5) is 0 Å². The molecule has 0 bridgehead atoms. The van der Waals surface area contributed by atoms with E-state index >= 15 is 0 Å². The maximum atomic E-state index is 11.9. The summed E-state index contributed by atoms with van der Waals surface area (Å²) in [4.78, 5) is 14.4. The van der Waals surface area contributed by atoms with Crippen molar-refractivity contribution in [2.24, 2.45) is 0 Å². The average molecular weight is 290 g/mol. The largest absolute Gasteiger partial charge is 0.508 e. The second-order valence-electron chi connectivity index (χ2n) is 5.90. The highest BCUT2D eigenvalue weighted by atomic mass is 16.5. The van der Waals surface area contributed by atoms with E-state index < -0.39 is 0 Å². The highest BCUT2D eigenvalue weighted by Gasteiger charge is 2.32. The van der Waals surface area contributed by atoms with E-state index in [9.17, 15) is 9.90 Å². The molecule has 114 valence electrons. The van der Waals surface area contributed by atoms with Gasteiger partial charge in [-0.3, -0.25) is 9.69 Å². The van der Waals surface area contributed by atoms with Gasteiger partial charge in [-0.15, -0.1) is 0 Å². The molecular weight excluding hydrogens is 268 g/mol. The number of nitrogens with one attached hydrogen (secondary N) is 1. The van der Waals surface area contributed by atoms with Crippen molar-refractivity contribution in [2.45, 2.75) is 31.4 Å². The summed E-state index contributed by atoms with van der Waals surface area (Å²) < 4.78 is 5.82. The van der Waals surface area contributed by atoms with E-state index in [0.29, 0.717) is 12.6 Å². The summed E-state index contributed by atoms with van der Waals surface area (Å²) in [6.45, 7) is 3.41. The fraction of sp³-hybridized carbons (Fsp3) is 0.562. The third-order valence-electron chi connectivity index (χ3n) is 4.26. The van der Waals surface area contributed by atoms with Crippen LogP contribution >= 0.6 is 0 Å². The number of nitrogens with zero attached hydrogens (tertiary/aromatic N) is 1. The number of phenolic OH excluding ortho intramolecular Hbond substituents is 1. The Hall–Kier alpha value is -1.59. The molecule has 2 aliphatic rings. The van der Waals surface area contributed by atoms with Gasteiger partial charge >= 0.3 is 0 Å². The van der Waals surface area contributed by atoms with Crippen molar-refractivity contribution in [1.29, 1.82) is 0 Å². The van der Waals surface area contributed by atoms with Gasteiger partial charge < -0.3 is 15.2 Å². The lowest BCUT2D eigenvalue weighted by Gasteiger charge is -2.35. The lowest BCUT2D eigenvalue weighted by Crippen LogP contribution is -2.50. The van der Waals surface area contributed by atoms with Crippen LogP contribution in [-0.4, -0.2) is 54.3 Å². The van der Waals surface area contributed by atoms with Crippen LogP contribution in [0.3, 0.4) is 0 Å². The molecule has 2 aliphatic heterocycles. The number of benzene rings is 1. The Morgan fingerprint density at radius 1 is 1.48 bits per heavy atom. The van der Waals surface area contributed by atoms with Crippen LogP contribution in [0.1, 0.15) is 18.4 Å². The molecule has 0 aromatic heterocycles. The molecule has 3 rings (SSSR count). The van der Waals surface area contributed by atoms with Crippen LogP contribution in [0.5, 0.6) is 5.75 Å². The number of rotatable bonds is 4. The number of carbonyl (C=O) groups is 1. The van der Waals surface area contributed by atoms with E-state index in [2.05, 4.69) is 10.2 Å². The second-order valence-corrected chi connectivity index (χ2v) is 5.90. The number of amides is 1. The number of aromatic hydroxyl groups is 1. The molecule has 1 amide bonds. The van der Waals surface area contributed by atoms with Crippen molar-refractivity contribution in [3.05, 3.63) is 29.8 Å². The minimum Gasteiger partial charge on any atom is -0.508 e. The number of hydrogen-bond acceptors (Lipinski definition) is 4. The maximum Gasteiger partial charge on any atom is 0.224 e. The van der Waals surface area contributed by atoms with Gasteiger partial charge in [-0.2, -0.15) is 0 Å². The number of phenols is 1. The maximum absolute atomic E-state index is 11.9. The monoisotopic (exact) mass is 290 g/mol. The highest BCUT2D eigenvalue weighted by Crippen LogP contribution is 2.22. The van der Waals surface area contributed by atoms with Crippen molar-refractivity contribution in [1.82, 2.24) is 10.2 Å². The van der Waals surface area contributed by atoms with Crippen molar-refractivity contribution < 1.29 is 14.6 Å². The first-order valence-electron chi connectivity index (χ1n) is 7.61. The van der Waals surface area contributed by atoms with Gasteiger partial charge in [-0.25, -0.2) is 0 Å². The highest BCUT2D eigenvalue weighted by molar-refractivity contribution is 5.78. The van der Waals surface area contributed by atoms with Crippen molar-refractivity contribution in [3.63, 3.8) is 0 Å². The molecule has 1 aromatic rings. The van der Waals surface area contributed by atoms with Crippen LogP contribution in [-0.2, 0) is 16.0 Å². The smallest absolute Gasteiger partial charge is 0.224 e. The predicted molar refractivity (Wildman–Crippen MR) is 79.2 cm³/mol. The molecular formula is C16H22N2O3. The predicted octanol–water partition coefficient (Wildman–Crippen LogP) is 0.914. The minimum atomic E-state index is -0.0345. The van der Waals surface area contributed by atoms with Crippen LogP contribution in [0.15, 0.2) is 24.3 Å². The third kappa shape index (κ3) is 3.74. The second kappa shape index (κ2) is 6.45. The molecule has 2 fully saturated rings. The molecule has 5 heteroatoms. The first kappa shape index (κ1) is 14.4. The summed E-state index contributed by atoms with van der Waals surface area (Å²) in [5.74, 6) is 0.156. The van der Waals surface area contributed by atoms with Crippen molar-refractivity contribution in [3.8, 4) is 5.75 Å². The molecule has 21 heavy (non-hydrogen) atoms. The summed E-state index contributed by atoms with van der Waals surface area (Å²) in [7, 11) is 0. The lowest BCUT2D eigenvalue weighted by atomic mass is 10.1. The Kier molecular flexibility index (Phi) is 4.41. The fourth-order valence-electron chi connectivity index (χ4n) is 3.15. The molecule has 2 atom stereocenters.